The molecule has 0 fully saturated rings. The van der Waals surface area contributed by atoms with E-state index in [0.717, 1.165) is 14.8 Å². The molecule has 0 aliphatic heterocycles. The third-order valence-electron chi connectivity index (χ3n) is 3.66. The van der Waals surface area contributed by atoms with Crippen molar-refractivity contribution in [2.24, 2.45) is 0 Å². The number of amides is 2. The lowest BCUT2D eigenvalue weighted by atomic mass is 10.1. The number of carbonyl (C=O) groups is 2. The Morgan fingerprint density at radius 1 is 1.12 bits per heavy atom. The van der Waals surface area contributed by atoms with Crippen LogP contribution in [0.1, 0.15) is 22.3 Å². The van der Waals surface area contributed by atoms with Crippen LogP contribution >= 0.6 is 34.8 Å². The smallest absolute Gasteiger partial charge is 0.258 e. The number of halogens is 1. The van der Waals surface area contributed by atoms with Gasteiger partial charge in [-0.15, -0.1) is 0 Å². The highest BCUT2D eigenvalue weighted by molar-refractivity contribution is 14.1. The van der Waals surface area contributed by atoms with Gasteiger partial charge in [0.1, 0.15) is 0 Å². The molecule has 0 aliphatic carbocycles. The van der Waals surface area contributed by atoms with Crippen molar-refractivity contribution in [2.45, 2.75) is 12.8 Å². The van der Waals surface area contributed by atoms with Gasteiger partial charge in [-0.3, -0.25) is 14.9 Å². The summed E-state index contributed by atoms with van der Waals surface area (Å²) in [4.78, 5) is 25.6. The molecule has 0 unspecified atom stereocenters. The second kappa shape index (κ2) is 9.63. The van der Waals surface area contributed by atoms with E-state index in [-0.39, 0.29) is 16.9 Å². The summed E-state index contributed by atoms with van der Waals surface area (Å²) in [7, 11) is 3.49. The molecule has 2 amide bonds. The SMILES string of the molecule is CN(C)C(=O)CCc1cccc(NC(=S)NC(=O)c2ccccc2I)c1. The van der Waals surface area contributed by atoms with Crippen molar-refractivity contribution < 1.29 is 9.59 Å². The first kappa shape index (κ1) is 20.3. The minimum atomic E-state index is -0.250. The van der Waals surface area contributed by atoms with E-state index in [9.17, 15) is 9.59 Å². The van der Waals surface area contributed by atoms with Crippen molar-refractivity contribution >= 4 is 57.4 Å². The van der Waals surface area contributed by atoms with Gasteiger partial charge in [0.25, 0.3) is 5.91 Å². The molecule has 136 valence electrons. The molecule has 2 aromatic carbocycles. The molecule has 5 nitrogen and oxygen atoms in total. The Bertz CT molecular complexity index is 824. The van der Waals surface area contributed by atoms with Crippen LogP contribution in [0.25, 0.3) is 0 Å². The van der Waals surface area contributed by atoms with E-state index in [4.69, 9.17) is 12.2 Å². The van der Waals surface area contributed by atoms with Gasteiger partial charge in [-0.1, -0.05) is 24.3 Å². The average Bonchev–Trinajstić information content (AvgIpc) is 2.60. The van der Waals surface area contributed by atoms with Crippen molar-refractivity contribution in [2.75, 3.05) is 19.4 Å². The highest BCUT2D eigenvalue weighted by Crippen LogP contribution is 2.14. The average molecular weight is 481 g/mol. The highest BCUT2D eigenvalue weighted by Gasteiger charge is 2.11. The number of nitrogens with zero attached hydrogens (tertiary/aromatic N) is 1. The van der Waals surface area contributed by atoms with Gasteiger partial charge in [-0.25, -0.2) is 0 Å². The van der Waals surface area contributed by atoms with Crippen molar-refractivity contribution in [3.63, 3.8) is 0 Å². The van der Waals surface area contributed by atoms with E-state index in [1.165, 1.54) is 0 Å². The first-order valence-corrected chi connectivity index (χ1v) is 9.51. The van der Waals surface area contributed by atoms with E-state index < -0.39 is 0 Å². The Labute approximate surface area is 172 Å². The molecule has 0 heterocycles. The summed E-state index contributed by atoms with van der Waals surface area (Å²) in [6, 6.07) is 14.9. The summed E-state index contributed by atoms with van der Waals surface area (Å²) in [6.45, 7) is 0. The Kier molecular flexibility index (Phi) is 7.52. The van der Waals surface area contributed by atoms with Crippen LogP contribution in [0, 0.1) is 3.57 Å². The molecule has 2 rings (SSSR count). The summed E-state index contributed by atoms with van der Waals surface area (Å²) in [5.41, 5.74) is 2.37. The first-order valence-electron chi connectivity index (χ1n) is 8.03. The third kappa shape index (κ3) is 6.06. The Hall–Kier alpha value is -2.00. The summed E-state index contributed by atoms with van der Waals surface area (Å²) in [5, 5.41) is 5.93. The van der Waals surface area contributed by atoms with Crippen molar-refractivity contribution in [1.29, 1.82) is 0 Å². The largest absolute Gasteiger partial charge is 0.349 e. The maximum atomic E-state index is 12.3. The molecule has 0 bridgehead atoms. The Morgan fingerprint density at radius 3 is 2.54 bits per heavy atom. The monoisotopic (exact) mass is 481 g/mol. The molecule has 7 heteroatoms. The molecule has 0 spiro atoms. The number of hydrogen-bond donors (Lipinski definition) is 2. The molecule has 0 aliphatic rings. The Morgan fingerprint density at radius 2 is 1.85 bits per heavy atom. The molecule has 0 aromatic heterocycles. The second-order valence-electron chi connectivity index (χ2n) is 5.88. The van der Waals surface area contributed by atoms with Gasteiger partial charge >= 0.3 is 0 Å². The summed E-state index contributed by atoms with van der Waals surface area (Å²) in [6.07, 6.45) is 1.10. The summed E-state index contributed by atoms with van der Waals surface area (Å²) < 4.78 is 0.859. The van der Waals surface area contributed by atoms with Crippen LogP contribution in [-0.2, 0) is 11.2 Å². The van der Waals surface area contributed by atoms with Crippen LogP contribution in [0.3, 0.4) is 0 Å². The summed E-state index contributed by atoms with van der Waals surface area (Å²) >= 11 is 7.35. The lowest BCUT2D eigenvalue weighted by Crippen LogP contribution is -2.34. The number of thiocarbonyl (C=S) groups is 1. The fourth-order valence-electron chi connectivity index (χ4n) is 2.26. The maximum absolute atomic E-state index is 12.3. The van der Waals surface area contributed by atoms with Gasteiger partial charge in [0.2, 0.25) is 5.91 Å². The molecule has 0 radical (unpaired) electrons. The molecule has 2 N–H and O–H groups in total. The van der Waals surface area contributed by atoms with Gasteiger partial charge in [0.05, 0.1) is 5.56 Å². The van der Waals surface area contributed by atoms with Crippen LogP contribution < -0.4 is 10.6 Å². The van der Waals surface area contributed by atoms with E-state index in [1.54, 1.807) is 25.1 Å². The fraction of sp³-hybridized carbons (Fsp3) is 0.211. The van der Waals surface area contributed by atoms with Gasteiger partial charge < -0.3 is 10.2 Å². The zero-order valence-corrected chi connectivity index (χ0v) is 17.6. The topological polar surface area (TPSA) is 61.4 Å². The zero-order chi connectivity index (χ0) is 19.1. The third-order valence-corrected chi connectivity index (χ3v) is 4.80. The van der Waals surface area contributed by atoms with E-state index >= 15 is 0 Å². The van der Waals surface area contributed by atoms with Crippen LogP contribution in [0.4, 0.5) is 5.69 Å². The second-order valence-corrected chi connectivity index (χ2v) is 7.45. The fourth-order valence-corrected chi connectivity index (χ4v) is 3.10. The number of anilines is 1. The molecular formula is C19H20IN3O2S. The first-order chi connectivity index (χ1) is 12.4. The van der Waals surface area contributed by atoms with Crippen LogP contribution in [0.5, 0.6) is 0 Å². The summed E-state index contributed by atoms with van der Waals surface area (Å²) in [5.74, 6) is -0.163. The van der Waals surface area contributed by atoms with Gasteiger partial charge in [-0.05, 0) is 71.1 Å². The predicted octanol–water partition coefficient (Wildman–Crippen LogP) is 3.44. The lowest BCUT2D eigenvalue weighted by molar-refractivity contribution is -0.128. The zero-order valence-electron chi connectivity index (χ0n) is 14.6. The molecule has 26 heavy (non-hydrogen) atoms. The predicted molar refractivity (Wildman–Crippen MR) is 116 cm³/mol. The molecular weight excluding hydrogens is 461 g/mol. The van der Waals surface area contributed by atoms with E-state index in [1.807, 2.05) is 42.5 Å². The quantitative estimate of drug-likeness (QED) is 0.508. The van der Waals surface area contributed by atoms with Crippen molar-refractivity contribution in [3.05, 3.63) is 63.2 Å². The van der Waals surface area contributed by atoms with Crippen LogP contribution in [0.15, 0.2) is 48.5 Å². The number of carbonyl (C=O) groups excluding carboxylic acids is 2. The van der Waals surface area contributed by atoms with Gasteiger partial charge in [0, 0.05) is 29.8 Å². The van der Waals surface area contributed by atoms with E-state index in [2.05, 4.69) is 33.2 Å². The standard InChI is InChI=1S/C19H20IN3O2S/c1-23(2)17(24)11-10-13-6-5-7-14(12-13)21-19(26)22-18(25)15-8-3-4-9-16(15)20/h3-9,12H,10-11H2,1-2H3,(H2,21,22,25,26). The number of nitrogens with one attached hydrogen (secondary N) is 2. The molecule has 0 atom stereocenters. The Balaban J connectivity index is 1.94. The van der Waals surface area contributed by atoms with Crippen LogP contribution in [-0.4, -0.2) is 35.9 Å². The minimum Gasteiger partial charge on any atom is -0.349 e. The number of rotatable bonds is 5. The van der Waals surface area contributed by atoms with Gasteiger partial charge in [-0.2, -0.15) is 0 Å². The number of hydrogen-bond acceptors (Lipinski definition) is 3. The normalized spacial score (nSPS) is 10.1. The minimum absolute atomic E-state index is 0.0867. The van der Waals surface area contributed by atoms with Crippen molar-refractivity contribution in [1.82, 2.24) is 10.2 Å². The lowest BCUT2D eigenvalue weighted by Gasteiger charge is -2.12. The van der Waals surface area contributed by atoms with Gasteiger partial charge in [0.15, 0.2) is 5.11 Å². The number of benzene rings is 2. The molecule has 0 saturated carbocycles. The molecule has 0 saturated heterocycles. The van der Waals surface area contributed by atoms with Crippen molar-refractivity contribution in [3.8, 4) is 0 Å². The van der Waals surface area contributed by atoms with Crippen LogP contribution in [0.2, 0.25) is 0 Å². The highest BCUT2D eigenvalue weighted by atomic mass is 127. The van der Waals surface area contributed by atoms with E-state index in [0.29, 0.717) is 18.4 Å². The molecule has 2 aromatic rings. The maximum Gasteiger partial charge on any atom is 0.258 e. The number of aryl methyl sites for hydroxylation is 1.